The van der Waals surface area contributed by atoms with Crippen LogP contribution in [0.2, 0.25) is 0 Å². The van der Waals surface area contributed by atoms with E-state index in [1.165, 1.54) is 18.2 Å². The van der Waals surface area contributed by atoms with E-state index in [2.05, 4.69) is 53.3 Å². The van der Waals surface area contributed by atoms with E-state index >= 15 is 0 Å². The predicted octanol–water partition coefficient (Wildman–Crippen LogP) is 2.36. The van der Waals surface area contributed by atoms with Crippen molar-refractivity contribution in [2.45, 2.75) is 32.1 Å². The Morgan fingerprint density at radius 1 is 1.32 bits per heavy atom. The molecule has 6 nitrogen and oxygen atoms in total. The lowest BCUT2D eigenvalue weighted by molar-refractivity contribution is -0.145. The number of nitrogens with zero attached hydrogens (tertiary/aromatic N) is 2. The summed E-state index contributed by atoms with van der Waals surface area (Å²) in [5, 5.41) is 3.61. The third-order valence-electron chi connectivity index (χ3n) is 6.38. The Morgan fingerprint density at radius 3 is 2.68 bits per heavy atom. The molecular formula is C22H33N3O3. The van der Waals surface area contributed by atoms with Gasteiger partial charge in [0, 0.05) is 45.3 Å². The normalized spacial score (nSPS) is 24.9. The summed E-state index contributed by atoms with van der Waals surface area (Å²) < 4.78 is 10.6. The number of ether oxygens (including phenoxy) is 2. The van der Waals surface area contributed by atoms with E-state index in [0.717, 1.165) is 45.1 Å². The van der Waals surface area contributed by atoms with E-state index < -0.39 is 0 Å². The second-order valence-corrected chi connectivity index (χ2v) is 8.12. The van der Waals surface area contributed by atoms with Crippen molar-refractivity contribution in [2.75, 3.05) is 47.0 Å². The minimum atomic E-state index is -0.133. The van der Waals surface area contributed by atoms with Crippen LogP contribution in [0, 0.1) is 18.8 Å². The van der Waals surface area contributed by atoms with Crippen LogP contribution in [-0.2, 0) is 19.7 Å². The molecule has 0 aliphatic carbocycles. The highest BCUT2D eigenvalue weighted by molar-refractivity contribution is 5.82. The molecule has 28 heavy (non-hydrogen) atoms. The Morgan fingerprint density at radius 2 is 2.04 bits per heavy atom. The molecule has 6 heteroatoms. The number of esters is 1. The molecule has 2 heterocycles. The zero-order valence-electron chi connectivity index (χ0n) is 17.5. The van der Waals surface area contributed by atoms with Gasteiger partial charge in [-0.1, -0.05) is 31.2 Å². The first-order valence-corrected chi connectivity index (χ1v) is 10.2. The number of methoxy groups -OCH3 is 1. The van der Waals surface area contributed by atoms with Crippen LogP contribution in [0.3, 0.4) is 0 Å². The van der Waals surface area contributed by atoms with Gasteiger partial charge >= 0.3 is 5.97 Å². The molecule has 2 fully saturated rings. The Hall–Kier alpha value is -2.08. The van der Waals surface area contributed by atoms with Crippen molar-refractivity contribution in [3.8, 4) is 0 Å². The number of hydrogen-bond donors (Lipinski definition) is 1. The SMILES string of the molecule is CN=C(NCC1(c2ccccc2C)CCOCC1)N1CC(C)C(C(=O)OC)C1. The lowest BCUT2D eigenvalue weighted by atomic mass is 9.72. The topological polar surface area (TPSA) is 63.2 Å². The van der Waals surface area contributed by atoms with Crippen LogP contribution in [0.25, 0.3) is 0 Å². The van der Waals surface area contributed by atoms with Crippen molar-refractivity contribution in [1.82, 2.24) is 10.2 Å². The average Bonchev–Trinajstić information content (AvgIpc) is 3.10. The van der Waals surface area contributed by atoms with Crippen LogP contribution in [-0.4, -0.2) is 63.8 Å². The fraction of sp³-hybridized carbons (Fsp3) is 0.636. The van der Waals surface area contributed by atoms with Crippen molar-refractivity contribution in [3.63, 3.8) is 0 Å². The molecule has 0 aromatic heterocycles. The van der Waals surface area contributed by atoms with Crippen molar-refractivity contribution < 1.29 is 14.3 Å². The lowest BCUT2D eigenvalue weighted by Gasteiger charge is -2.39. The highest BCUT2D eigenvalue weighted by Crippen LogP contribution is 2.36. The van der Waals surface area contributed by atoms with Gasteiger partial charge in [0.1, 0.15) is 0 Å². The summed E-state index contributed by atoms with van der Waals surface area (Å²) in [6, 6.07) is 8.65. The third kappa shape index (κ3) is 4.17. The molecule has 0 bridgehead atoms. The molecule has 2 unspecified atom stereocenters. The molecule has 1 aromatic carbocycles. The number of aryl methyl sites for hydroxylation is 1. The van der Waals surface area contributed by atoms with Gasteiger partial charge in [0.15, 0.2) is 5.96 Å². The van der Waals surface area contributed by atoms with Gasteiger partial charge in [-0.3, -0.25) is 9.79 Å². The van der Waals surface area contributed by atoms with Gasteiger partial charge in [-0.15, -0.1) is 0 Å². The number of guanidine groups is 1. The molecule has 154 valence electrons. The second kappa shape index (κ2) is 8.95. The highest BCUT2D eigenvalue weighted by atomic mass is 16.5. The monoisotopic (exact) mass is 387 g/mol. The standard InChI is InChI=1S/C22H33N3O3/c1-16-7-5-6-8-19(16)22(9-11-28-12-10-22)15-24-21(23-3)25-13-17(2)18(14-25)20(26)27-4/h5-8,17-18H,9-15H2,1-4H3,(H,23,24). The molecule has 2 aliphatic rings. The van der Waals surface area contributed by atoms with Gasteiger partial charge in [-0.05, 0) is 36.8 Å². The van der Waals surface area contributed by atoms with Gasteiger partial charge in [0.05, 0.1) is 13.0 Å². The van der Waals surface area contributed by atoms with E-state index in [1.807, 2.05) is 7.05 Å². The first-order valence-electron chi connectivity index (χ1n) is 10.2. The average molecular weight is 388 g/mol. The maximum Gasteiger partial charge on any atom is 0.310 e. The predicted molar refractivity (Wildman–Crippen MR) is 111 cm³/mol. The van der Waals surface area contributed by atoms with Crippen molar-refractivity contribution in [1.29, 1.82) is 0 Å². The molecule has 2 atom stereocenters. The Kier molecular flexibility index (Phi) is 6.60. The molecule has 0 spiro atoms. The zero-order valence-corrected chi connectivity index (χ0v) is 17.5. The fourth-order valence-electron chi connectivity index (χ4n) is 4.65. The Labute approximate surface area is 168 Å². The van der Waals surface area contributed by atoms with Crippen LogP contribution >= 0.6 is 0 Å². The summed E-state index contributed by atoms with van der Waals surface area (Å²) in [5.74, 6) is 0.875. The maximum atomic E-state index is 12.0. The quantitative estimate of drug-likeness (QED) is 0.488. The van der Waals surface area contributed by atoms with Gasteiger partial charge < -0.3 is 19.7 Å². The number of aliphatic imine (C=N–C) groups is 1. The largest absolute Gasteiger partial charge is 0.469 e. The van der Waals surface area contributed by atoms with E-state index in [1.54, 1.807) is 0 Å². The molecule has 2 saturated heterocycles. The van der Waals surface area contributed by atoms with E-state index in [-0.39, 0.29) is 23.2 Å². The summed E-state index contributed by atoms with van der Waals surface area (Å²) in [5.41, 5.74) is 2.75. The van der Waals surface area contributed by atoms with Crippen molar-refractivity contribution in [3.05, 3.63) is 35.4 Å². The van der Waals surface area contributed by atoms with Crippen LogP contribution < -0.4 is 5.32 Å². The summed E-state index contributed by atoms with van der Waals surface area (Å²) in [6.45, 7) is 8.10. The lowest BCUT2D eigenvalue weighted by Crippen LogP contribution is -2.49. The fourth-order valence-corrected chi connectivity index (χ4v) is 4.65. The van der Waals surface area contributed by atoms with Crippen LogP contribution in [0.5, 0.6) is 0 Å². The molecule has 1 aromatic rings. The molecular weight excluding hydrogens is 354 g/mol. The number of likely N-dealkylation sites (tertiary alicyclic amines) is 1. The number of rotatable bonds is 4. The zero-order chi connectivity index (χ0) is 20.1. The summed E-state index contributed by atoms with van der Waals surface area (Å²) in [7, 11) is 3.27. The number of carbonyl (C=O) groups is 1. The molecule has 0 radical (unpaired) electrons. The molecule has 2 aliphatic heterocycles. The van der Waals surface area contributed by atoms with Crippen LogP contribution in [0.1, 0.15) is 30.9 Å². The van der Waals surface area contributed by atoms with Gasteiger partial charge in [0.2, 0.25) is 0 Å². The molecule has 3 rings (SSSR count). The second-order valence-electron chi connectivity index (χ2n) is 8.12. The van der Waals surface area contributed by atoms with Crippen LogP contribution in [0.4, 0.5) is 0 Å². The molecule has 1 N–H and O–H groups in total. The maximum absolute atomic E-state index is 12.0. The Bertz CT molecular complexity index is 713. The number of benzene rings is 1. The van der Waals surface area contributed by atoms with Gasteiger partial charge in [-0.25, -0.2) is 0 Å². The van der Waals surface area contributed by atoms with E-state index in [9.17, 15) is 4.79 Å². The third-order valence-corrected chi connectivity index (χ3v) is 6.38. The summed E-state index contributed by atoms with van der Waals surface area (Å²) >= 11 is 0. The minimum Gasteiger partial charge on any atom is -0.469 e. The highest BCUT2D eigenvalue weighted by Gasteiger charge is 2.39. The van der Waals surface area contributed by atoms with Gasteiger partial charge in [-0.2, -0.15) is 0 Å². The summed E-state index contributed by atoms with van der Waals surface area (Å²) in [6.07, 6.45) is 1.98. The smallest absolute Gasteiger partial charge is 0.310 e. The van der Waals surface area contributed by atoms with Crippen molar-refractivity contribution >= 4 is 11.9 Å². The first-order chi connectivity index (χ1) is 13.5. The van der Waals surface area contributed by atoms with Crippen LogP contribution in [0.15, 0.2) is 29.3 Å². The summed E-state index contributed by atoms with van der Waals surface area (Å²) in [4.78, 5) is 18.7. The van der Waals surface area contributed by atoms with E-state index in [0.29, 0.717) is 6.54 Å². The molecule has 0 saturated carbocycles. The van der Waals surface area contributed by atoms with Crippen molar-refractivity contribution in [2.24, 2.45) is 16.8 Å². The number of carbonyl (C=O) groups excluding carboxylic acids is 1. The number of hydrogen-bond acceptors (Lipinski definition) is 4. The molecule has 0 amide bonds. The van der Waals surface area contributed by atoms with Gasteiger partial charge in [0.25, 0.3) is 0 Å². The first kappa shape index (κ1) is 20.6. The minimum absolute atomic E-state index is 0.0343. The Balaban J connectivity index is 1.74. The number of nitrogens with one attached hydrogen (secondary N) is 1. The van der Waals surface area contributed by atoms with E-state index in [4.69, 9.17) is 9.47 Å².